The zero-order valence-corrected chi connectivity index (χ0v) is 8.40. The first kappa shape index (κ1) is 8.79. The van der Waals surface area contributed by atoms with Crippen LogP contribution >= 0.6 is 22.4 Å². The molecule has 2 heterocycles. The summed E-state index contributed by atoms with van der Waals surface area (Å²) in [5, 5.41) is 0. The lowest BCUT2D eigenvalue weighted by molar-refractivity contribution is 0.609. The molecule has 0 aliphatic heterocycles. The Labute approximate surface area is 82.1 Å². The summed E-state index contributed by atoms with van der Waals surface area (Å²) in [6.45, 7) is 0. The standard InChI is InChI=1S/C5H2ClN3O2S2/c6-13(10,11)3-1-4-5(7-2-3)9-12-8-4/h1-2H. The topological polar surface area (TPSA) is 72.8 Å². The predicted octanol–water partition coefficient (Wildman–Crippen LogP) is 1.01. The molecule has 0 bridgehead atoms. The van der Waals surface area contributed by atoms with Gasteiger partial charge in [0.1, 0.15) is 10.4 Å². The quantitative estimate of drug-likeness (QED) is 0.690. The molecule has 0 unspecified atom stereocenters. The molecule has 0 N–H and O–H groups in total. The highest BCUT2D eigenvalue weighted by Crippen LogP contribution is 2.17. The summed E-state index contributed by atoms with van der Waals surface area (Å²) in [5.74, 6) is 0. The Morgan fingerprint density at radius 2 is 2.15 bits per heavy atom. The summed E-state index contributed by atoms with van der Waals surface area (Å²) in [6.07, 6.45) is 1.16. The number of halogens is 1. The molecule has 0 aliphatic rings. The molecule has 2 aromatic heterocycles. The van der Waals surface area contributed by atoms with Gasteiger partial charge >= 0.3 is 0 Å². The maximum Gasteiger partial charge on any atom is 0.262 e. The minimum Gasteiger partial charge on any atom is -0.233 e. The third-order valence-electron chi connectivity index (χ3n) is 1.37. The SMILES string of the molecule is O=S(=O)(Cl)c1cnc2nsnc2c1. The Morgan fingerprint density at radius 3 is 2.85 bits per heavy atom. The van der Waals surface area contributed by atoms with Gasteiger partial charge in [-0.3, -0.25) is 0 Å². The van der Waals surface area contributed by atoms with Crippen LogP contribution in [0, 0.1) is 0 Å². The summed E-state index contributed by atoms with van der Waals surface area (Å²) < 4.78 is 29.4. The number of aromatic nitrogens is 3. The number of hydrogen-bond donors (Lipinski definition) is 0. The van der Waals surface area contributed by atoms with Crippen molar-refractivity contribution in [1.82, 2.24) is 13.7 Å². The van der Waals surface area contributed by atoms with Gasteiger partial charge in [-0.1, -0.05) is 0 Å². The molecule has 0 fully saturated rings. The van der Waals surface area contributed by atoms with E-state index in [0.29, 0.717) is 11.2 Å². The first-order valence-electron chi connectivity index (χ1n) is 3.10. The molecular formula is C5H2ClN3O2S2. The second-order valence-corrected chi connectivity index (χ2v) is 5.31. The fraction of sp³-hybridized carbons (Fsp3) is 0. The van der Waals surface area contributed by atoms with Crippen LogP contribution in [0.25, 0.3) is 11.2 Å². The Kier molecular flexibility index (Phi) is 1.94. The highest BCUT2D eigenvalue weighted by atomic mass is 35.7. The summed E-state index contributed by atoms with van der Waals surface area (Å²) >= 11 is 0.972. The fourth-order valence-corrected chi connectivity index (χ4v) is 1.97. The second-order valence-electron chi connectivity index (χ2n) is 2.22. The normalized spacial score (nSPS) is 12.1. The lowest BCUT2D eigenvalue weighted by atomic mass is 10.4. The van der Waals surface area contributed by atoms with Crippen LogP contribution in [-0.4, -0.2) is 22.1 Å². The highest BCUT2D eigenvalue weighted by molar-refractivity contribution is 8.13. The van der Waals surface area contributed by atoms with Crippen molar-refractivity contribution in [3.63, 3.8) is 0 Å². The van der Waals surface area contributed by atoms with Crippen molar-refractivity contribution in [3.05, 3.63) is 12.3 Å². The molecule has 0 aliphatic carbocycles. The van der Waals surface area contributed by atoms with Gasteiger partial charge < -0.3 is 0 Å². The van der Waals surface area contributed by atoms with Gasteiger partial charge in [-0.2, -0.15) is 8.75 Å². The minimum atomic E-state index is -3.73. The third-order valence-corrected chi connectivity index (χ3v) is 3.22. The van der Waals surface area contributed by atoms with Crippen LogP contribution in [0.4, 0.5) is 0 Å². The van der Waals surface area contributed by atoms with Crippen molar-refractivity contribution in [3.8, 4) is 0 Å². The summed E-state index contributed by atoms with van der Waals surface area (Å²) in [7, 11) is 1.39. The van der Waals surface area contributed by atoms with Crippen LogP contribution in [0.2, 0.25) is 0 Å². The monoisotopic (exact) mass is 235 g/mol. The molecule has 0 saturated carbocycles. The molecule has 0 atom stereocenters. The Bertz CT molecular complexity index is 550. The van der Waals surface area contributed by atoms with Crippen LogP contribution in [0.15, 0.2) is 17.2 Å². The molecular weight excluding hydrogens is 234 g/mol. The van der Waals surface area contributed by atoms with E-state index in [1.54, 1.807) is 0 Å². The van der Waals surface area contributed by atoms with Gasteiger partial charge in [-0.15, -0.1) is 0 Å². The van der Waals surface area contributed by atoms with Gasteiger partial charge in [-0.25, -0.2) is 13.4 Å². The molecule has 13 heavy (non-hydrogen) atoms. The van der Waals surface area contributed by atoms with E-state index in [9.17, 15) is 8.42 Å². The largest absolute Gasteiger partial charge is 0.262 e. The highest BCUT2D eigenvalue weighted by Gasteiger charge is 2.12. The minimum absolute atomic E-state index is 0.0608. The van der Waals surface area contributed by atoms with Gasteiger partial charge in [0.25, 0.3) is 9.05 Å². The Balaban J connectivity index is 2.75. The first-order valence-corrected chi connectivity index (χ1v) is 6.14. The van der Waals surface area contributed by atoms with Crippen LogP contribution in [-0.2, 0) is 9.05 Å². The molecule has 0 saturated heterocycles. The number of pyridine rings is 1. The van der Waals surface area contributed by atoms with Gasteiger partial charge in [0, 0.05) is 16.9 Å². The third kappa shape index (κ3) is 1.62. The summed E-state index contributed by atoms with van der Waals surface area (Å²) in [5.41, 5.74) is 0.862. The molecule has 0 radical (unpaired) electrons. The zero-order valence-electron chi connectivity index (χ0n) is 6.01. The zero-order chi connectivity index (χ0) is 9.47. The lowest BCUT2D eigenvalue weighted by Gasteiger charge is -1.92. The second kappa shape index (κ2) is 2.86. The van der Waals surface area contributed by atoms with E-state index < -0.39 is 9.05 Å². The Hall–Kier alpha value is -0.790. The number of hydrogen-bond acceptors (Lipinski definition) is 6. The first-order chi connectivity index (χ1) is 6.07. The van der Waals surface area contributed by atoms with Crippen LogP contribution in [0.5, 0.6) is 0 Å². The number of fused-ring (bicyclic) bond motifs is 1. The van der Waals surface area contributed by atoms with Crippen molar-refractivity contribution < 1.29 is 8.42 Å². The van der Waals surface area contributed by atoms with Crippen LogP contribution in [0.3, 0.4) is 0 Å². The van der Waals surface area contributed by atoms with E-state index in [4.69, 9.17) is 10.7 Å². The van der Waals surface area contributed by atoms with E-state index in [0.717, 1.165) is 17.9 Å². The molecule has 0 spiro atoms. The summed E-state index contributed by atoms with van der Waals surface area (Å²) in [4.78, 5) is 3.72. The van der Waals surface area contributed by atoms with Crippen molar-refractivity contribution in [2.75, 3.05) is 0 Å². The van der Waals surface area contributed by atoms with E-state index in [-0.39, 0.29) is 4.90 Å². The molecule has 2 aromatic rings. The number of rotatable bonds is 1. The van der Waals surface area contributed by atoms with E-state index in [1.807, 2.05) is 0 Å². The molecule has 0 amide bonds. The Morgan fingerprint density at radius 1 is 1.38 bits per heavy atom. The number of nitrogens with zero attached hydrogens (tertiary/aromatic N) is 3. The average Bonchev–Trinajstić information content (AvgIpc) is 2.47. The van der Waals surface area contributed by atoms with Crippen molar-refractivity contribution >= 4 is 42.6 Å². The van der Waals surface area contributed by atoms with Gasteiger partial charge in [0.05, 0.1) is 11.7 Å². The lowest BCUT2D eigenvalue weighted by Crippen LogP contribution is -1.91. The molecule has 2 rings (SSSR count). The van der Waals surface area contributed by atoms with Crippen molar-refractivity contribution in [2.45, 2.75) is 4.90 Å². The van der Waals surface area contributed by atoms with Crippen molar-refractivity contribution in [2.24, 2.45) is 0 Å². The van der Waals surface area contributed by atoms with Crippen LogP contribution < -0.4 is 0 Å². The maximum atomic E-state index is 10.9. The fourth-order valence-electron chi connectivity index (χ4n) is 0.801. The molecule has 5 nitrogen and oxygen atoms in total. The van der Waals surface area contributed by atoms with Crippen molar-refractivity contribution in [1.29, 1.82) is 0 Å². The predicted molar refractivity (Wildman–Crippen MR) is 48.2 cm³/mol. The molecule has 0 aromatic carbocycles. The molecule has 68 valence electrons. The summed E-state index contributed by atoms with van der Waals surface area (Å²) in [6, 6.07) is 1.34. The average molecular weight is 236 g/mol. The maximum absolute atomic E-state index is 10.9. The smallest absolute Gasteiger partial charge is 0.233 e. The van der Waals surface area contributed by atoms with Gasteiger partial charge in [0.15, 0.2) is 5.65 Å². The van der Waals surface area contributed by atoms with E-state index in [2.05, 4.69) is 13.7 Å². The van der Waals surface area contributed by atoms with Crippen LogP contribution in [0.1, 0.15) is 0 Å². The van der Waals surface area contributed by atoms with E-state index >= 15 is 0 Å². The van der Waals surface area contributed by atoms with Gasteiger partial charge in [0.2, 0.25) is 0 Å². The van der Waals surface area contributed by atoms with E-state index in [1.165, 1.54) is 6.07 Å². The van der Waals surface area contributed by atoms with Gasteiger partial charge in [-0.05, 0) is 6.07 Å². The molecule has 8 heteroatoms.